The summed E-state index contributed by atoms with van der Waals surface area (Å²) in [6.07, 6.45) is -4.98. The van der Waals surface area contributed by atoms with Crippen molar-refractivity contribution in [1.82, 2.24) is 4.90 Å². The van der Waals surface area contributed by atoms with Crippen molar-refractivity contribution in [2.24, 2.45) is 0 Å². The van der Waals surface area contributed by atoms with Crippen molar-refractivity contribution in [3.8, 4) is 11.5 Å². The molecule has 0 amide bonds. The lowest BCUT2D eigenvalue weighted by Gasteiger charge is -2.37. The molecule has 2 aromatic carbocycles. The molecule has 2 aromatic rings. The number of rotatable bonds is 6. The first-order chi connectivity index (χ1) is 13.3. The molecule has 152 valence electrons. The molecule has 0 aliphatic carbocycles. The van der Waals surface area contributed by atoms with Crippen molar-refractivity contribution in [2.45, 2.75) is 12.3 Å². The fourth-order valence-electron chi connectivity index (χ4n) is 3.14. The molecule has 1 aliphatic heterocycles. The molecule has 1 unspecified atom stereocenters. The van der Waals surface area contributed by atoms with Crippen LogP contribution in [0.15, 0.2) is 48.5 Å². The van der Waals surface area contributed by atoms with Gasteiger partial charge in [0.05, 0.1) is 5.56 Å². The van der Waals surface area contributed by atoms with Crippen LogP contribution in [0.3, 0.4) is 0 Å². The summed E-state index contributed by atoms with van der Waals surface area (Å²) in [6, 6.07) is 11.5. The Hall–Kier alpha value is -2.45. The highest BCUT2D eigenvalue weighted by Crippen LogP contribution is 2.30. The van der Waals surface area contributed by atoms with Crippen molar-refractivity contribution < 1.29 is 28.1 Å². The molecule has 0 radical (unpaired) electrons. The molecule has 1 aliphatic rings. The molecule has 0 saturated carbocycles. The number of nitrogens with zero attached hydrogens (tertiary/aromatic N) is 2. The number of ether oxygens (including phenoxy) is 1. The van der Waals surface area contributed by atoms with Crippen LogP contribution in [-0.2, 0) is 6.18 Å². The Bertz CT molecular complexity index is 743. The average molecular weight is 396 g/mol. The average Bonchev–Trinajstić information content (AvgIpc) is 2.68. The zero-order valence-corrected chi connectivity index (χ0v) is 15.3. The fraction of sp³-hybridized carbons (Fsp3) is 0.400. The van der Waals surface area contributed by atoms with Gasteiger partial charge in [0.25, 0.3) is 0 Å². The summed E-state index contributed by atoms with van der Waals surface area (Å²) in [5.74, 6) is 0.725. The van der Waals surface area contributed by atoms with Crippen LogP contribution in [0.4, 0.5) is 18.9 Å². The van der Waals surface area contributed by atoms with Crippen LogP contribution in [0.2, 0.25) is 0 Å². The van der Waals surface area contributed by atoms with E-state index in [1.165, 1.54) is 24.3 Å². The zero-order valence-electron chi connectivity index (χ0n) is 15.3. The summed E-state index contributed by atoms with van der Waals surface area (Å²) < 4.78 is 43.5. The maximum absolute atomic E-state index is 12.7. The second kappa shape index (κ2) is 8.70. The minimum Gasteiger partial charge on any atom is -0.508 e. The number of alkyl halides is 3. The molecule has 0 spiro atoms. The molecule has 8 heteroatoms. The Labute approximate surface area is 161 Å². The highest BCUT2D eigenvalue weighted by atomic mass is 19.4. The van der Waals surface area contributed by atoms with Gasteiger partial charge in [-0.25, -0.2) is 0 Å². The number of hydrogen-bond donors (Lipinski definition) is 2. The van der Waals surface area contributed by atoms with E-state index in [-0.39, 0.29) is 12.4 Å². The van der Waals surface area contributed by atoms with Crippen LogP contribution >= 0.6 is 0 Å². The van der Waals surface area contributed by atoms with E-state index < -0.39 is 17.8 Å². The molecule has 5 nitrogen and oxygen atoms in total. The summed E-state index contributed by atoms with van der Waals surface area (Å²) in [7, 11) is 0. The quantitative estimate of drug-likeness (QED) is 0.786. The van der Waals surface area contributed by atoms with E-state index in [9.17, 15) is 23.4 Å². The Morgan fingerprint density at radius 1 is 0.929 bits per heavy atom. The lowest BCUT2D eigenvalue weighted by atomic mass is 10.1. The maximum Gasteiger partial charge on any atom is 0.416 e. The number of hydrogen-bond acceptors (Lipinski definition) is 5. The van der Waals surface area contributed by atoms with Crippen LogP contribution in [-0.4, -0.2) is 60.5 Å². The van der Waals surface area contributed by atoms with E-state index in [1.54, 1.807) is 12.1 Å². The van der Waals surface area contributed by atoms with Crippen LogP contribution in [0.5, 0.6) is 11.5 Å². The van der Waals surface area contributed by atoms with Crippen molar-refractivity contribution in [1.29, 1.82) is 0 Å². The molecule has 1 fully saturated rings. The second-order valence-electron chi connectivity index (χ2n) is 6.79. The second-order valence-corrected chi connectivity index (χ2v) is 6.79. The number of phenolic OH excluding ortho intramolecular Hbond substituents is 1. The third kappa shape index (κ3) is 5.53. The molecule has 28 heavy (non-hydrogen) atoms. The van der Waals surface area contributed by atoms with Gasteiger partial charge in [0.15, 0.2) is 0 Å². The fourth-order valence-corrected chi connectivity index (χ4v) is 3.14. The number of anilines is 1. The van der Waals surface area contributed by atoms with Crippen LogP contribution in [0, 0.1) is 0 Å². The topological polar surface area (TPSA) is 56.2 Å². The van der Waals surface area contributed by atoms with Crippen LogP contribution < -0.4 is 9.64 Å². The van der Waals surface area contributed by atoms with Crippen molar-refractivity contribution in [2.75, 3.05) is 44.2 Å². The van der Waals surface area contributed by atoms with Gasteiger partial charge >= 0.3 is 6.18 Å². The van der Waals surface area contributed by atoms with Crippen molar-refractivity contribution in [3.05, 3.63) is 54.1 Å². The standard InChI is InChI=1S/C20H23F3N2O3/c21-20(22,23)15-1-3-16(4-2-15)25-11-9-24(10-12-25)13-18(27)14-28-19-7-5-17(26)6-8-19/h1-8,18,26-27H,9-14H2. The predicted molar refractivity (Wildman–Crippen MR) is 99.7 cm³/mol. The first-order valence-electron chi connectivity index (χ1n) is 9.06. The third-order valence-corrected chi connectivity index (χ3v) is 4.68. The monoisotopic (exact) mass is 396 g/mol. The number of benzene rings is 2. The van der Waals surface area contributed by atoms with Gasteiger partial charge in [-0.1, -0.05) is 0 Å². The lowest BCUT2D eigenvalue weighted by molar-refractivity contribution is -0.137. The summed E-state index contributed by atoms with van der Waals surface area (Å²) in [6.45, 7) is 3.37. The van der Waals surface area contributed by atoms with Crippen molar-refractivity contribution >= 4 is 5.69 Å². The van der Waals surface area contributed by atoms with E-state index in [0.29, 0.717) is 38.5 Å². The van der Waals surface area contributed by atoms with Gasteiger partial charge in [-0.15, -0.1) is 0 Å². The lowest BCUT2D eigenvalue weighted by Crippen LogP contribution is -2.49. The Morgan fingerprint density at radius 3 is 2.11 bits per heavy atom. The molecule has 2 N–H and O–H groups in total. The first-order valence-corrected chi connectivity index (χ1v) is 9.06. The smallest absolute Gasteiger partial charge is 0.416 e. The van der Waals surface area contributed by atoms with Gasteiger partial charge in [-0.2, -0.15) is 13.2 Å². The number of aliphatic hydroxyl groups excluding tert-OH is 1. The molecule has 1 heterocycles. The number of aromatic hydroxyl groups is 1. The largest absolute Gasteiger partial charge is 0.508 e. The summed E-state index contributed by atoms with van der Waals surface area (Å²) in [5.41, 5.74) is 0.121. The normalized spacial score (nSPS) is 16.8. The molecule has 1 atom stereocenters. The first kappa shape index (κ1) is 20.3. The molecule has 0 aromatic heterocycles. The molecular weight excluding hydrogens is 373 g/mol. The predicted octanol–water partition coefficient (Wildman–Crippen LogP) is 2.97. The van der Waals surface area contributed by atoms with E-state index in [1.807, 2.05) is 4.90 Å². The van der Waals surface area contributed by atoms with Gasteiger partial charge < -0.3 is 19.8 Å². The Kier molecular flexibility index (Phi) is 6.31. The highest BCUT2D eigenvalue weighted by molar-refractivity contribution is 5.48. The minimum absolute atomic E-state index is 0.143. The molecule has 1 saturated heterocycles. The van der Waals surface area contributed by atoms with E-state index in [0.717, 1.165) is 17.8 Å². The van der Waals surface area contributed by atoms with E-state index in [2.05, 4.69) is 4.90 Å². The summed E-state index contributed by atoms with van der Waals surface area (Å²) >= 11 is 0. The summed E-state index contributed by atoms with van der Waals surface area (Å²) in [5, 5.41) is 19.4. The highest BCUT2D eigenvalue weighted by Gasteiger charge is 2.30. The van der Waals surface area contributed by atoms with Gasteiger partial charge in [-0.05, 0) is 48.5 Å². The number of aliphatic hydroxyl groups is 1. The van der Waals surface area contributed by atoms with Gasteiger partial charge in [0.1, 0.15) is 24.2 Å². The van der Waals surface area contributed by atoms with Gasteiger partial charge in [-0.3, -0.25) is 4.90 Å². The molecule has 3 rings (SSSR count). The van der Waals surface area contributed by atoms with Crippen molar-refractivity contribution in [3.63, 3.8) is 0 Å². The Balaban J connectivity index is 1.42. The van der Waals surface area contributed by atoms with Gasteiger partial charge in [0.2, 0.25) is 0 Å². The van der Waals surface area contributed by atoms with Crippen LogP contribution in [0.25, 0.3) is 0 Å². The van der Waals surface area contributed by atoms with Gasteiger partial charge in [0, 0.05) is 38.4 Å². The zero-order chi connectivity index (χ0) is 20.1. The third-order valence-electron chi connectivity index (χ3n) is 4.68. The SMILES string of the molecule is Oc1ccc(OCC(O)CN2CCN(c3ccc(C(F)(F)F)cc3)CC2)cc1. The van der Waals surface area contributed by atoms with E-state index >= 15 is 0 Å². The van der Waals surface area contributed by atoms with E-state index in [4.69, 9.17) is 4.74 Å². The van der Waals surface area contributed by atoms with Crippen LogP contribution in [0.1, 0.15) is 5.56 Å². The molecule has 0 bridgehead atoms. The minimum atomic E-state index is -4.32. The number of phenols is 1. The summed E-state index contributed by atoms with van der Waals surface area (Å²) in [4.78, 5) is 4.14. The number of β-amino-alcohol motifs (C(OH)–C–C–N with tert-alkyl or cyclic N) is 1. The number of piperazine rings is 1. The Morgan fingerprint density at radius 2 is 1.54 bits per heavy atom. The molecular formula is C20H23F3N2O3. The number of halogens is 3. The maximum atomic E-state index is 12.7.